The molecule has 0 aromatic rings. The van der Waals surface area contributed by atoms with Gasteiger partial charge < -0.3 is 16.2 Å². The van der Waals surface area contributed by atoms with E-state index in [9.17, 15) is 14.7 Å². The minimum Gasteiger partial charge on any atom is -0.480 e. The smallest absolute Gasteiger partial charge is 0.326 e. The molecule has 0 aromatic heterocycles. The Labute approximate surface area is 108 Å². The standard InChI is InChI=1S/C13H24N2O3/c1-12(2,3)9(10(16)17)15-11(18)13(8-14)6-4-5-7-13/h9H,4-8,14H2,1-3H3,(H,15,18)(H,16,17). The molecule has 0 bridgehead atoms. The summed E-state index contributed by atoms with van der Waals surface area (Å²) in [6.45, 7) is 5.69. The number of carboxylic acids is 1. The van der Waals surface area contributed by atoms with Crippen molar-refractivity contribution in [2.24, 2.45) is 16.6 Å². The van der Waals surface area contributed by atoms with Crippen molar-refractivity contribution in [3.63, 3.8) is 0 Å². The fourth-order valence-electron chi connectivity index (χ4n) is 2.51. The SMILES string of the molecule is CC(C)(C)C(NC(=O)C1(CN)CCCC1)C(=O)O. The average molecular weight is 256 g/mol. The molecular weight excluding hydrogens is 232 g/mol. The molecule has 1 aliphatic carbocycles. The molecule has 0 saturated heterocycles. The number of carboxylic acid groups (broad SMARTS) is 1. The van der Waals surface area contributed by atoms with Crippen LogP contribution in [0.25, 0.3) is 0 Å². The second kappa shape index (κ2) is 5.26. The molecule has 4 N–H and O–H groups in total. The number of carbonyl (C=O) groups is 2. The first kappa shape index (κ1) is 15.0. The lowest BCUT2D eigenvalue weighted by atomic mass is 9.82. The van der Waals surface area contributed by atoms with Crippen LogP contribution >= 0.6 is 0 Å². The molecule has 1 rings (SSSR count). The van der Waals surface area contributed by atoms with E-state index >= 15 is 0 Å². The Kier molecular flexibility index (Phi) is 4.37. The van der Waals surface area contributed by atoms with E-state index in [1.165, 1.54) is 0 Å². The average Bonchev–Trinajstić information content (AvgIpc) is 2.73. The van der Waals surface area contributed by atoms with Crippen LogP contribution in [0.5, 0.6) is 0 Å². The summed E-state index contributed by atoms with van der Waals surface area (Å²) in [5.74, 6) is -1.20. The second-order valence-electron chi connectivity index (χ2n) is 6.30. The first-order chi connectivity index (χ1) is 8.23. The van der Waals surface area contributed by atoms with E-state index in [0.29, 0.717) is 0 Å². The van der Waals surface area contributed by atoms with E-state index in [4.69, 9.17) is 5.73 Å². The van der Waals surface area contributed by atoms with E-state index in [-0.39, 0.29) is 12.5 Å². The summed E-state index contributed by atoms with van der Waals surface area (Å²) in [7, 11) is 0. The fourth-order valence-corrected chi connectivity index (χ4v) is 2.51. The minimum absolute atomic E-state index is 0.204. The van der Waals surface area contributed by atoms with Crippen molar-refractivity contribution in [1.82, 2.24) is 5.32 Å². The molecule has 0 spiro atoms. The van der Waals surface area contributed by atoms with E-state index in [1.54, 1.807) is 20.8 Å². The summed E-state index contributed by atoms with van der Waals surface area (Å²) in [5, 5.41) is 11.9. The normalized spacial score (nSPS) is 20.4. The van der Waals surface area contributed by atoms with Crippen molar-refractivity contribution in [1.29, 1.82) is 0 Å². The van der Waals surface area contributed by atoms with Gasteiger partial charge in [-0.15, -0.1) is 0 Å². The summed E-state index contributed by atoms with van der Waals surface area (Å²) < 4.78 is 0. The highest BCUT2D eigenvalue weighted by atomic mass is 16.4. The molecule has 5 heteroatoms. The topological polar surface area (TPSA) is 92.4 Å². The zero-order chi connectivity index (χ0) is 14.0. The van der Waals surface area contributed by atoms with Gasteiger partial charge in [0.25, 0.3) is 0 Å². The van der Waals surface area contributed by atoms with Crippen molar-refractivity contribution in [3.05, 3.63) is 0 Å². The highest BCUT2D eigenvalue weighted by molar-refractivity contribution is 5.88. The van der Waals surface area contributed by atoms with Gasteiger partial charge in [0, 0.05) is 6.54 Å². The first-order valence-electron chi connectivity index (χ1n) is 6.47. The van der Waals surface area contributed by atoms with Crippen LogP contribution in [0.15, 0.2) is 0 Å². The summed E-state index contributed by atoms with van der Waals surface area (Å²) in [4.78, 5) is 23.5. The monoisotopic (exact) mass is 256 g/mol. The lowest BCUT2D eigenvalue weighted by Crippen LogP contribution is -2.54. The Hall–Kier alpha value is -1.10. The van der Waals surface area contributed by atoms with Crippen molar-refractivity contribution >= 4 is 11.9 Å². The van der Waals surface area contributed by atoms with Gasteiger partial charge in [-0.1, -0.05) is 33.6 Å². The molecule has 18 heavy (non-hydrogen) atoms. The zero-order valence-corrected chi connectivity index (χ0v) is 11.5. The Morgan fingerprint density at radius 1 is 1.33 bits per heavy atom. The van der Waals surface area contributed by atoms with Crippen LogP contribution in [-0.2, 0) is 9.59 Å². The predicted molar refractivity (Wildman–Crippen MR) is 69.0 cm³/mol. The van der Waals surface area contributed by atoms with Gasteiger partial charge in [-0.3, -0.25) is 4.79 Å². The number of nitrogens with one attached hydrogen (secondary N) is 1. The third kappa shape index (κ3) is 3.02. The van der Waals surface area contributed by atoms with E-state index in [1.807, 2.05) is 0 Å². The number of amides is 1. The molecule has 1 amide bonds. The number of aliphatic carboxylic acids is 1. The maximum atomic E-state index is 12.3. The zero-order valence-electron chi connectivity index (χ0n) is 11.5. The molecule has 104 valence electrons. The predicted octanol–water partition coefficient (Wildman–Crippen LogP) is 1.12. The molecule has 0 aromatic carbocycles. The summed E-state index contributed by atoms with van der Waals surface area (Å²) in [6, 6.07) is -0.881. The molecule has 1 aliphatic rings. The number of carbonyl (C=O) groups excluding carboxylic acids is 1. The Morgan fingerprint density at radius 2 is 1.83 bits per heavy atom. The van der Waals surface area contributed by atoms with Crippen molar-refractivity contribution in [2.75, 3.05) is 6.54 Å². The van der Waals surface area contributed by atoms with Crippen molar-refractivity contribution in [2.45, 2.75) is 52.5 Å². The van der Waals surface area contributed by atoms with Gasteiger partial charge in [0.2, 0.25) is 5.91 Å². The molecule has 5 nitrogen and oxygen atoms in total. The molecule has 0 aliphatic heterocycles. The summed E-state index contributed by atoms with van der Waals surface area (Å²) in [5.41, 5.74) is 4.65. The van der Waals surface area contributed by atoms with Gasteiger partial charge in [-0.05, 0) is 18.3 Å². The molecule has 1 fully saturated rings. The van der Waals surface area contributed by atoms with Gasteiger partial charge in [0.05, 0.1) is 5.41 Å². The number of hydrogen-bond acceptors (Lipinski definition) is 3. The van der Waals surface area contributed by atoms with E-state index in [2.05, 4.69) is 5.32 Å². The summed E-state index contributed by atoms with van der Waals surface area (Å²) in [6.07, 6.45) is 3.48. The third-order valence-electron chi connectivity index (χ3n) is 3.82. The van der Waals surface area contributed by atoms with Crippen LogP contribution in [0, 0.1) is 10.8 Å². The van der Waals surface area contributed by atoms with Crippen molar-refractivity contribution < 1.29 is 14.7 Å². The molecule has 1 unspecified atom stereocenters. The van der Waals surface area contributed by atoms with E-state index in [0.717, 1.165) is 25.7 Å². The van der Waals surface area contributed by atoms with Crippen LogP contribution in [0.4, 0.5) is 0 Å². The largest absolute Gasteiger partial charge is 0.480 e. The van der Waals surface area contributed by atoms with Gasteiger partial charge >= 0.3 is 5.97 Å². The van der Waals surface area contributed by atoms with Crippen LogP contribution in [0.1, 0.15) is 46.5 Å². The Balaban J connectivity index is 2.81. The lowest BCUT2D eigenvalue weighted by molar-refractivity contribution is -0.146. The van der Waals surface area contributed by atoms with Crippen LogP contribution in [0.2, 0.25) is 0 Å². The lowest BCUT2D eigenvalue weighted by Gasteiger charge is -2.33. The van der Waals surface area contributed by atoms with Crippen LogP contribution in [0.3, 0.4) is 0 Å². The molecule has 1 atom stereocenters. The quantitative estimate of drug-likeness (QED) is 0.702. The minimum atomic E-state index is -0.999. The fraction of sp³-hybridized carbons (Fsp3) is 0.846. The number of nitrogens with two attached hydrogens (primary N) is 1. The Bertz CT molecular complexity index is 328. The molecule has 0 heterocycles. The first-order valence-corrected chi connectivity index (χ1v) is 6.47. The highest BCUT2D eigenvalue weighted by Gasteiger charge is 2.43. The maximum absolute atomic E-state index is 12.3. The Morgan fingerprint density at radius 3 is 2.17 bits per heavy atom. The number of hydrogen-bond donors (Lipinski definition) is 3. The van der Waals surface area contributed by atoms with Gasteiger partial charge in [0.1, 0.15) is 6.04 Å². The van der Waals surface area contributed by atoms with Crippen LogP contribution < -0.4 is 11.1 Å². The maximum Gasteiger partial charge on any atom is 0.326 e. The molecule has 1 saturated carbocycles. The number of rotatable bonds is 4. The summed E-state index contributed by atoms with van der Waals surface area (Å²) >= 11 is 0. The van der Waals surface area contributed by atoms with E-state index < -0.39 is 22.8 Å². The van der Waals surface area contributed by atoms with Crippen molar-refractivity contribution in [3.8, 4) is 0 Å². The van der Waals surface area contributed by atoms with Gasteiger partial charge in [0.15, 0.2) is 0 Å². The van der Waals surface area contributed by atoms with Crippen LogP contribution in [-0.4, -0.2) is 29.6 Å². The molecular formula is C13H24N2O3. The molecule has 0 radical (unpaired) electrons. The third-order valence-corrected chi connectivity index (χ3v) is 3.82. The highest BCUT2D eigenvalue weighted by Crippen LogP contribution is 2.37. The van der Waals surface area contributed by atoms with Gasteiger partial charge in [-0.2, -0.15) is 0 Å². The van der Waals surface area contributed by atoms with Gasteiger partial charge in [-0.25, -0.2) is 4.79 Å². The second-order valence-corrected chi connectivity index (χ2v) is 6.30.